The molecule has 2 heterocycles. The summed E-state index contributed by atoms with van der Waals surface area (Å²) >= 11 is 14.2. The number of hydrogen-bond donors (Lipinski definition) is 0. The van der Waals surface area contributed by atoms with E-state index in [-0.39, 0.29) is 0 Å². The molecule has 4 rings (SSSR count). The molecule has 3 aromatic rings. The largest absolute Gasteiger partial charge is 0.442 e. The summed E-state index contributed by atoms with van der Waals surface area (Å²) in [7, 11) is 0. The average molecular weight is 446 g/mol. The molecule has 29 heavy (non-hydrogen) atoms. The van der Waals surface area contributed by atoms with E-state index >= 15 is 0 Å². The van der Waals surface area contributed by atoms with Crippen molar-refractivity contribution in [1.82, 2.24) is 9.27 Å². The van der Waals surface area contributed by atoms with Gasteiger partial charge in [0.2, 0.25) is 5.06 Å². The zero-order valence-corrected chi connectivity index (χ0v) is 18.4. The van der Waals surface area contributed by atoms with E-state index < -0.39 is 0 Å². The normalized spacial score (nSPS) is 14.5. The van der Waals surface area contributed by atoms with Crippen LogP contribution in [0.25, 0.3) is 11.3 Å². The molecule has 0 radical (unpaired) electrons. The first-order chi connectivity index (χ1) is 14.1. The SMILES string of the molecule is Cc1cc(Oc2snc(-c3ccccc3)c2Cl)c(Cl)cc1/N=C/N1CCCCC1. The second-order valence-electron chi connectivity index (χ2n) is 7.01. The Labute approximate surface area is 184 Å². The molecule has 0 atom stereocenters. The Hall–Kier alpha value is -2.08. The van der Waals surface area contributed by atoms with Gasteiger partial charge in [-0.2, -0.15) is 4.37 Å². The van der Waals surface area contributed by atoms with E-state index in [9.17, 15) is 0 Å². The third-order valence-corrected chi connectivity index (χ3v) is 6.34. The summed E-state index contributed by atoms with van der Waals surface area (Å²) in [5, 5.41) is 1.51. The van der Waals surface area contributed by atoms with E-state index in [0.717, 1.165) is 29.9 Å². The van der Waals surface area contributed by atoms with Crippen molar-refractivity contribution in [3.63, 3.8) is 0 Å². The lowest BCUT2D eigenvalue weighted by Gasteiger charge is -2.23. The number of aliphatic imine (C=N–C) groups is 1. The van der Waals surface area contributed by atoms with Gasteiger partial charge in [0.15, 0.2) is 0 Å². The van der Waals surface area contributed by atoms with E-state index in [1.165, 1.54) is 30.8 Å². The molecule has 1 saturated heterocycles. The second-order valence-corrected chi connectivity index (χ2v) is 8.53. The van der Waals surface area contributed by atoms with Crippen LogP contribution in [0.15, 0.2) is 47.5 Å². The highest BCUT2D eigenvalue weighted by Gasteiger charge is 2.17. The molecule has 0 spiro atoms. The second kappa shape index (κ2) is 9.16. The third kappa shape index (κ3) is 4.74. The fourth-order valence-corrected chi connectivity index (χ4v) is 4.46. The minimum Gasteiger partial charge on any atom is -0.442 e. The summed E-state index contributed by atoms with van der Waals surface area (Å²) in [6.45, 7) is 4.12. The van der Waals surface area contributed by atoms with Crippen molar-refractivity contribution in [3.8, 4) is 22.1 Å². The van der Waals surface area contributed by atoms with E-state index in [2.05, 4.69) is 14.3 Å². The molecule has 0 amide bonds. The molecule has 2 aromatic carbocycles. The van der Waals surface area contributed by atoms with Gasteiger partial charge in [-0.05, 0) is 43.9 Å². The van der Waals surface area contributed by atoms with Gasteiger partial charge in [0, 0.05) is 30.2 Å². The minimum atomic E-state index is 0.488. The monoisotopic (exact) mass is 445 g/mol. The van der Waals surface area contributed by atoms with Crippen molar-refractivity contribution in [2.45, 2.75) is 26.2 Å². The predicted octanol–water partition coefficient (Wildman–Crippen LogP) is 7.36. The van der Waals surface area contributed by atoms with Crippen molar-refractivity contribution in [2.75, 3.05) is 13.1 Å². The Kier molecular flexibility index (Phi) is 6.38. The molecule has 0 bridgehead atoms. The molecule has 0 saturated carbocycles. The highest BCUT2D eigenvalue weighted by molar-refractivity contribution is 7.08. The van der Waals surface area contributed by atoms with E-state index in [4.69, 9.17) is 27.9 Å². The lowest BCUT2D eigenvalue weighted by atomic mass is 10.1. The lowest BCUT2D eigenvalue weighted by molar-refractivity contribution is 0.351. The average Bonchev–Trinajstić information content (AvgIpc) is 3.11. The summed E-state index contributed by atoms with van der Waals surface area (Å²) in [6.07, 6.45) is 5.66. The number of aryl methyl sites for hydroxylation is 1. The van der Waals surface area contributed by atoms with Crippen LogP contribution < -0.4 is 4.74 Å². The number of nitrogens with zero attached hydrogens (tertiary/aromatic N) is 3. The zero-order chi connectivity index (χ0) is 20.2. The molecule has 150 valence electrons. The molecular formula is C22H21Cl2N3OS. The Morgan fingerprint density at radius 1 is 1.10 bits per heavy atom. The Balaban J connectivity index is 1.53. The summed E-state index contributed by atoms with van der Waals surface area (Å²) in [5.74, 6) is 0.547. The number of halogens is 2. The van der Waals surface area contributed by atoms with Crippen molar-refractivity contribution in [3.05, 3.63) is 58.1 Å². The first-order valence-electron chi connectivity index (χ1n) is 9.58. The van der Waals surface area contributed by atoms with Crippen LogP contribution in [0.3, 0.4) is 0 Å². The van der Waals surface area contributed by atoms with Crippen LogP contribution in [0, 0.1) is 6.92 Å². The summed E-state index contributed by atoms with van der Waals surface area (Å²) < 4.78 is 10.4. The van der Waals surface area contributed by atoms with Gasteiger partial charge in [-0.25, -0.2) is 4.99 Å². The molecule has 1 aliphatic heterocycles. The number of piperidine rings is 1. The van der Waals surface area contributed by atoms with Crippen LogP contribution in [0.4, 0.5) is 5.69 Å². The Morgan fingerprint density at radius 3 is 2.62 bits per heavy atom. The van der Waals surface area contributed by atoms with Crippen LogP contribution in [0.2, 0.25) is 10.0 Å². The molecule has 1 aliphatic rings. The smallest absolute Gasteiger partial charge is 0.219 e. The standard InChI is InChI=1S/C22H21Cl2N3OS/c1-15-12-19(17(23)13-18(15)25-14-27-10-6-3-7-11-27)28-22-20(24)21(26-29-22)16-8-4-2-5-9-16/h2,4-5,8-9,12-14H,3,6-7,10-11H2,1H3/b25-14+. The van der Waals surface area contributed by atoms with E-state index in [0.29, 0.717) is 26.6 Å². The van der Waals surface area contributed by atoms with Crippen molar-refractivity contribution < 1.29 is 4.74 Å². The van der Waals surface area contributed by atoms with Crippen LogP contribution >= 0.6 is 34.7 Å². The Bertz CT molecular complexity index is 1010. The lowest BCUT2D eigenvalue weighted by Crippen LogP contribution is -2.28. The summed E-state index contributed by atoms with van der Waals surface area (Å²) in [5.41, 5.74) is 3.49. The van der Waals surface area contributed by atoms with Gasteiger partial charge in [0.1, 0.15) is 16.5 Å². The third-order valence-electron chi connectivity index (χ3n) is 4.86. The van der Waals surface area contributed by atoms with Crippen molar-refractivity contribution in [1.29, 1.82) is 0 Å². The van der Waals surface area contributed by atoms with Gasteiger partial charge in [-0.3, -0.25) is 0 Å². The van der Waals surface area contributed by atoms with Gasteiger partial charge < -0.3 is 9.64 Å². The Morgan fingerprint density at radius 2 is 1.86 bits per heavy atom. The first kappa shape index (κ1) is 20.2. The maximum atomic E-state index is 6.52. The molecule has 0 aliphatic carbocycles. The highest BCUT2D eigenvalue weighted by atomic mass is 35.5. The topological polar surface area (TPSA) is 37.7 Å². The molecule has 4 nitrogen and oxygen atoms in total. The maximum absolute atomic E-state index is 6.52. The van der Waals surface area contributed by atoms with Crippen LogP contribution in [-0.4, -0.2) is 28.7 Å². The van der Waals surface area contributed by atoms with E-state index in [1.807, 2.05) is 55.7 Å². The number of hydrogen-bond acceptors (Lipinski definition) is 4. The van der Waals surface area contributed by atoms with Gasteiger partial charge in [0.25, 0.3) is 0 Å². The number of likely N-dealkylation sites (tertiary alicyclic amines) is 1. The van der Waals surface area contributed by atoms with Crippen LogP contribution in [-0.2, 0) is 0 Å². The highest BCUT2D eigenvalue weighted by Crippen LogP contribution is 2.43. The maximum Gasteiger partial charge on any atom is 0.219 e. The minimum absolute atomic E-state index is 0.488. The fourth-order valence-electron chi connectivity index (χ4n) is 3.24. The van der Waals surface area contributed by atoms with Crippen molar-refractivity contribution in [2.24, 2.45) is 4.99 Å². The summed E-state index contributed by atoms with van der Waals surface area (Å²) in [6, 6.07) is 13.5. The number of aromatic nitrogens is 1. The number of benzene rings is 2. The first-order valence-corrected chi connectivity index (χ1v) is 11.1. The fraction of sp³-hybridized carbons (Fsp3) is 0.273. The zero-order valence-electron chi connectivity index (χ0n) is 16.1. The van der Waals surface area contributed by atoms with Crippen molar-refractivity contribution >= 4 is 46.8 Å². The van der Waals surface area contributed by atoms with Crippen LogP contribution in [0.5, 0.6) is 10.8 Å². The molecule has 1 fully saturated rings. The number of ether oxygens (including phenoxy) is 1. The number of rotatable bonds is 5. The molecule has 1 aromatic heterocycles. The molecule has 0 unspecified atom stereocenters. The molecule has 7 heteroatoms. The van der Waals surface area contributed by atoms with Gasteiger partial charge >= 0.3 is 0 Å². The molecular weight excluding hydrogens is 425 g/mol. The van der Waals surface area contributed by atoms with Gasteiger partial charge in [-0.1, -0.05) is 53.5 Å². The van der Waals surface area contributed by atoms with Gasteiger partial charge in [-0.15, -0.1) is 0 Å². The summed E-state index contributed by atoms with van der Waals surface area (Å²) in [4.78, 5) is 6.88. The van der Waals surface area contributed by atoms with Crippen LogP contribution in [0.1, 0.15) is 24.8 Å². The predicted molar refractivity (Wildman–Crippen MR) is 122 cm³/mol. The van der Waals surface area contributed by atoms with E-state index in [1.54, 1.807) is 0 Å². The van der Waals surface area contributed by atoms with Gasteiger partial charge in [0.05, 0.1) is 17.0 Å². The molecule has 0 N–H and O–H groups in total. The quantitative estimate of drug-likeness (QED) is 0.303.